The molecule has 0 unspecified atom stereocenters. The Kier molecular flexibility index (Phi) is 4.70. The molecule has 2 heterocycles. The molecule has 0 aliphatic carbocycles. The second kappa shape index (κ2) is 6.28. The first kappa shape index (κ1) is 12.7. The molecule has 5 nitrogen and oxygen atoms in total. The fraction of sp³-hybridized carbons (Fsp3) is 0.818. The highest BCUT2D eigenvalue weighted by molar-refractivity contribution is 7.71. The van der Waals surface area contributed by atoms with E-state index in [9.17, 15) is 0 Å². The number of hydrogen-bond donors (Lipinski definition) is 1. The lowest BCUT2D eigenvalue weighted by atomic mass is 10.3. The first-order valence-electron chi connectivity index (χ1n) is 6.16. The van der Waals surface area contributed by atoms with E-state index < -0.39 is 0 Å². The number of nitrogens with one attached hydrogen (secondary N) is 1. The standard InChI is InChI=1S/C11H20N4OS/c1-16-9-8-15-10(12-13-11(15)17)4-7-14-5-2-3-6-14/h2-9H2,1H3,(H,13,17). The largest absolute Gasteiger partial charge is 0.383 e. The molecule has 96 valence electrons. The second-order valence-corrected chi connectivity index (χ2v) is 4.77. The average molecular weight is 256 g/mol. The molecule has 1 aromatic heterocycles. The summed E-state index contributed by atoms with van der Waals surface area (Å²) < 4.78 is 7.81. The van der Waals surface area contributed by atoms with E-state index in [1.807, 2.05) is 4.57 Å². The van der Waals surface area contributed by atoms with Crippen LogP contribution in [-0.4, -0.2) is 53.0 Å². The Morgan fingerprint density at radius 2 is 2.12 bits per heavy atom. The van der Waals surface area contributed by atoms with E-state index in [1.54, 1.807) is 7.11 Å². The molecule has 1 aliphatic rings. The van der Waals surface area contributed by atoms with Crippen molar-refractivity contribution in [3.8, 4) is 0 Å². The van der Waals surface area contributed by atoms with Gasteiger partial charge in [0.05, 0.1) is 6.61 Å². The minimum atomic E-state index is 0.671. The minimum absolute atomic E-state index is 0.671. The molecule has 1 fully saturated rings. The first-order valence-corrected chi connectivity index (χ1v) is 6.57. The van der Waals surface area contributed by atoms with Crippen LogP contribution in [0, 0.1) is 4.77 Å². The van der Waals surface area contributed by atoms with Crippen LogP contribution >= 0.6 is 12.2 Å². The summed E-state index contributed by atoms with van der Waals surface area (Å²) in [7, 11) is 1.70. The average Bonchev–Trinajstić information content (AvgIpc) is 2.94. The lowest BCUT2D eigenvalue weighted by molar-refractivity contribution is 0.185. The first-order chi connectivity index (χ1) is 8.31. The van der Waals surface area contributed by atoms with Crippen molar-refractivity contribution in [3.05, 3.63) is 10.6 Å². The summed E-state index contributed by atoms with van der Waals surface area (Å²) in [5.41, 5.74) is 0. The maximum Gasteiger partial charge on any atom is 0.195 e. The predicted molar refractivity (Wildman–Crippen MR) is 68.7 cm³/mol. The van der Waals surface area contributed by atoms with E-state index >= 15 is 0 Å². The topological polar surface area (TPSA) is 46.1 Å². The zero-order valence-corrected chi connectivity index (χ0v) is 11.1. The molecule has 0 atom stereocenters. The van der Waals surface area contributed by atoms with Gasteiger partial charge < -0.3 is 14.2 Å². The molecule has 6 heteroatoms. The maximum absolute atomic E-state index is 5.21. The van der Waals surface area contributed by atoms with Crippen LogP contribution in [0.5, 0.6) is 0 Å². The molecule has 0 bridgehead atoms. The van der Waals surface area contributed by atoms with E-state index in [0.29, 0.717) is 11.4 Å². The molecular weight excluding hydrogens is 236 g/mol. The van der Waals surface area contributed by atoms with Gasteiger partial charge >= 0.3 is 0 Å². The Morgan fingerprint density at radius 3 is 2.82 bits per heavy atom. The molecule has 0 saturated carbocycles. The molecule has 0 aromatic carbocycles. The fourth-order valence-electron chi connectivity index (χ4n) is 2.22. The van der Waals surface area contributed by atoms with Crippen molar-refractivity contribution in [3.63, 3.8) is 0 Å². The second-order valence-electron chi connectivity index (χ2n) is 4.39. The van der Waals surface area contributed by atoms with Crippen LogP contribution in [0.1, 0.15) is 18.7 Å². The van der Waals surface area contributed by atoms with Crippen molar-refractivity contribution < 1.29 is 4.74 Å². The van der Waals surface area contributed by atoms with Gasteiger partial charge in [0, 0.05) is 26.6 Å². The van der Waals surface area contributed by atoms with Crippen LogP contribution < -0.4 is 0 Å². The molecule has 1 aliphatic heterocycles. The van der Waals surface area contributed by atoms with Gasteiger partial charge in [0.15, 0.2) is 4.77 Å². The lowest BCUT2D eigenvalue weighted by Gasteiger charge is -2.14. The zero-order chi connectivity index (χ0) is 12.1. The number of nitrogens with zero attached hydrogens (tertiary/aromatic N) is 3. The lowest BCUT2D eigenvalue weighted by Crippen LogP contribution is -2.23. The summed E-state index contributed by atoms with van der Waals surface area (Å²) in [6.07, 6.45) is 3.61. The molecule has 2 rings (SSSR count). The summed E-state index contributed by atoms with van der Waals surface area (Å²) >= 11 is 5.21. The summed E-state index contributed by atoms with van der Waals surface area (Å²) in [4.78, 5) is 2.48. The van der Waals surface area contributed by atoms with Crippen molar-refractivity contribution in [2.24, 2.45) is 0 Å². The van der Waals surface area contributed by atoms with Crippen molar-refractivity contribution in [2.75, 3.05) is 33.4 Å². The van der Waals surface area contributed by atoms with Crippen LogP contribution in [0.4, 0.5) is 0 Å². The molecule has 1 saturated heterocycles. The van der Waals surface area contributed by atoms with Gasteiger partial charge in [0.25, 0.3) is 0 Å². The van der Waals surface area contributed by atoms with Gasteiger partial charge in [-0.2, -0.15) is 5.10 Å². The van der Waals surface area contributed by atoms with Crippen molar-refractivity contribution in [2.45, 2.75) is 25.8 Å². The molecule has 0 spiro atoms. The third kappa shape index (κ3) is 3.37. The number of rotatable bonds is 6. The summed E-state index contributed by atoms with van der Waals surface area (Å²) in [6.45, 7) is 4.98. The molecule has 17 heavy (non-hydrogen) atoms. The van der Waals surface area contributed by atoms with Gasteiger partial charge in [0.2, 0.25) is 0 Å². The van der Waals surface area contributed by atoms with Crippen molar-refractivity contribution in [1.82, 2.24) is 19.7 Å². The number of hydrogen-bond acceptors (Lipinski definition) is 4. The SMILES string of the molecule is COCCn1c(CCN2CCCC2)n[nH]c1=S. The van der Waals surface area contributed by atoms with Crippen LogP contribution in [0.3, 0.4) is 0 Å². The van der Waals surface area contributed by atoms with E-state index in [-0.39, 0.29) is 0 Å². The Morgan fingerprint density at radius 1 is 1.35 bits per heavy atom. The van der Waals surface area contributed by atoms with Crippen LogP contribution in [0.15, 0.2) is 0 Å². The van der Waals surface area contributed by atoms with Crippen LogP contribution in [0.2, 0.25) is 0 Å². The number of aromatic amines is 1. The third-order valence-corrected chi connectivity index (χ3v) is 3.52. The minimum Gasteiger partial charge on any atom is -0.383 e. The highest BCUT2D eigenvalue weighted by Crippen LogP contribution is 2.08. The normalized spacial score (nSPS) is 16.8. The Bertz CT molecular complexity index is 394. The van der Waals surface area contributed by atoms with Crippen molar-refractivity contribution in [1.29, 1.82) is 0 Å². The Balaban J connectivity index is 1.92. The highest BCUT2D eigenvalue weighted by atomic mass is 32.1. The predicted octanol–water partition coefficient (Wildman–Crippen LogP) is 1.23. The number of aromatic nitrogens is 3. The van der Waals surface area contributed by atoms with Crippen LogP contribution in [-0.2, 0) is 17.7 Å². The van der Waals surface area contributed by atoms with Gasteiger partial charge in [0.1, 0.15) is 5.82 Å². The summed E-state index contributed by atoms with van der Waals surface area (Å²) in [5, 5.41) is 7.16. The quantitative estimate of drug-likeness (QED) is 0.778. The van der Waals surface area contributed by atoms with Gasteiger partial charge in [-0.3, -0.25) is 5.10 Å². The van der Waals surface area contributed by atoms with Crippen molar-refractivity contribution >= 4 is 12.2 Å². The monoisotopic (exact) mass is 256 g/mol. The zero-order valence-electron chi connectivity index (χ0n) is 10.3. The Labute approximate surface area is 107 Å². The van der Waals surface area contributed by atoms with E-state index in [1.165, 1.54) is 25.9 Å². The van der Waals surface area contributed by atoms with E-state index in [0.717, 1.165) is 25.3 Å². The smallest absolute Gasteiger partial charge is 0.195 e. The van der Waals surface area contributed by atoms with Gasteiger partial charge in [-0.15, -0.1) is 0 Å². The number of likely N-dealkylation sites (tertiary alicyclic amines) is 1. The van der Waals surface area contributed by atoms with Crippen LogP contribution in [0.25, 0.3) is 0 Å². The van der Waals surface area contributed by atoms with Gasteiger partial charge in [-0.1, -0.05) is 0 Å². The maximum atomic E-state index is 5.21. The summed E-state index contributed by atoms with van der Waals surface area (Å²) in [6, 6.07) is 0. The van der Waals surface area contributed by atoms with Gasteiger partial charge in [-0.05, 0) is 38.1 Å². The third-order valence-electron chi connectivity index (χ3n) is 3.21. The molecule has 1 N–H and O–H groups in total. The highest BCUT2D eigenvalue weighted by Gasteiger charge is 2.13. The number of methoxy groups -OCH3 is 1. The number of ether oxygens (including phenoxy) is 1. The number of H-pyrrole nitrogens is 1. The van der Waals surface area contributed by atoms with Gasteiger partial charge in [-0.25, -0.2) is 0 Å². The Hall–Kier alpha value is -0.720. The fourth-order valence-corrected chi connectivity index (χ4v) is 2.46. The molecule has 1 aromatic rings. The molecular formula is C11H20N4OS. The van der Waals surface area contributed by atoms with E-state index in [4.69, 9.17) is 17.0 Å². The summed E-state index contributed by atoms with van der Waals surface area (Å²) in [5.74, 6) is 1.04. The molecule has 0 amide bonds. The van der Waals surface area contributed by atoms with E-state index in [2.05, 4.69) is 15.1 Å². The molecule has 0 radical (unpaired) electrons.